The van der Waals surface area contributed by atoms with E-state index in [-0.39, 0.29) is 12.5 Å². The molecule has 3 heterocycles. The maximum atomic E-state index is 12.4. The SMILES string of the molecule is Cc1cc(C)n(CCNC(=O)C[N+]2=CN=C3C2C(=O)N(C)C(=O)N3C)n1. The topological polar surface area (TPSA) is 103 Å². The molecule has 3 rings (SSSR count). The zero-order chi connectivity index (χ0) is 19.0. The van der Waals surface area contributed by atoms with Crippen molar-refractivity contribution in [3.8, 4) is 0 Å². The van der Waals surface area contributed by atoms with Crippen molar-refractivity contribution in [1.29, 1.82) is 0 Å². The maximum absolute atomic E-state index is 12.4. The van der Waals surface area contributed by atoms with Gasteiger partial charge in [0.05, 0.1) is 12.2 Å². The molecule has 0 radical (unpaired) electrons. The number of amidine groups is 1. The molecule has 1 unspecified atom stereocenters. The predicted molar refractivity (Wildman–Crippen MR) is 93.1 cm³/mol. The van der Waals surface area contributed by atoms with E-state index in [1.165, 1.54) is 22.9 Å². The molecule has 0 spiro atoms. The molecule has 1 aromatic rings. The van der Waals surface area contributed by atoms with E-state index in [0.29, 0.717) is 18.9 Å². The van der Waals surface area contributed by atoms with Crippen molar-refractivity contribution in [2.24, 2.45) is 4.99 Å². The van der Waals surface area contributed by atoms with Gasteiger partial charge in [0, 0.05) is 26.3 Å². The van der Waals surface area contributed by atoms with Crippen LogP contribution < -0.4 is 5.32 Å². The third-order valence-corrected chi connectivity index (χ3v) is 4.47. The predicted octanol–water partition coefficient (Wildman–Crippen LogP) is -1.04. The molecule has 138 valence electrons. The molecular formula is C16H22N7O3+. The number of imide groups is 1. The Morgan fingerprint density at radius 1 is 1.27 bits per heavy atom. The van der Waals surface area contributed by atoms with Gasteiger partial charge in [-0.15, -0.1) is 0 Å². The van der Waals surface area contributed by atoms with Crippen molar-refractivity contribution in [2.45, 2.75) is 26.4 Å². The van der Waals surface area contributed by atoms with Crippen LogP contribution in [0.2, 0.25) is 0 Å². The molecule has 1 atom stereocenters. The van der Waals surface area contributed by atoms with Gasteiger partial charge in [-0.3, -0.25) is 24.1 Å². The van der Waals surface area contributed by atoms with Crippen molar-refractivity contribution in [2.75, 3.05) is 27.2 Å². The van der Waals surface area contributed by atoms with Crippen LogP contribution >= 0.6 is 0 Å². The summed E-state index contributed by atoms with van der Waals surface area (Å²) >= 11 is 0. The van der Waals surface area contributed by atoms with E-state index in [1.54, 1.807) is 7.05 Å². The Hall–Kier alpha value is -3.04. The van der Waals surface area contributed by atoms with E-state index >= 15 is 0 Å². The minimum absolute atomic E-state index is 0.0175. The molecule has 0 aliphatic carbocycles. The van der Waals surface area contributed by atoms with Gasteiger partial charge in [0.15, 0.2) is 6.54 Å². The zero-order valence-electron chi connectivity index (χ0n) is 15.3. The van der Waals surface area contributed by atoms with Crippen molar-refractivity contribution < 1.29 is 19.0 Å². The second-order valence-electron chi connectivity index (χ2n) is 6.42. The number of aromatic nitrogens is 2. The van der Waals surface area contributed by atoms with Crippen LogP contribution in [0.5, 0.6) is 0 Å². The quantitative estimate of drug-likeness (QED) is 0.678. The zero-order valence-corrected chi connectivity index (χ0v) is 15.3. The van der Waals surface area contributed by atoms with E-state index in [2.05, 4.69) is 15.4 Å². The number of nitrogens with one attached hydrogen (secondary N) is 1. The molecule has 10 nitrogen and oxygen atoms in total. The van der Waals surface area contributed by atoms with Gasteiger partial charge in [-0.2, -0.15) is 5.10 Å². The number of likely N-dealkylation sites (N-methyl/N-ethyl adjacent to an activating group) is 2. The number of urea groups is 1. The molecule has 10 heteroatoms. The molecule has 1 aromatic heterocycles. The monoisotopic (exact) mass is 360 g/mol. The molecule has 4 amide bonds. The van der Waals surface area contributed by atoms with Gasteiger partial charge in [-0.1, -0.05) is 0 Å². The number of carbonyl (C=O) groups is 3. The highest BCUT2D eigenvalue weighted by molar-refractivity contribution is 6.21. The van der Waals surface area contributed by atoms with Gasteiger partial charge in [0.25, 0.3) is 30.0 Å². The molecule has 0 saturated carbocycles. The summed E-state index contributed by atoms with van der Waals surface area (Å²) in [7, 11) is 2.98. The van der Waals surface area contributed by atoms with Gasteiger partial charge in [-0.25, -0.2) is 9.37 Å². The number of rotatable bonds is 5. The van der Waals surface area contributed by atoms with Crippen LogP contribution in [0.4, 0.5) is 4.79 Å². The van der Waals surface area contributed by atoms with Gasteiger partial charge in [-0.05, 0) is 24.9 Å². The number of fused-ring (bicyclic) bond motifs is 1. The number of nitrogens with zero attached hydrogens (tertiary/aromatic N) is 6. The summed E-state index contributed by atoms with van der Waals surface area (Å²) in [5.74, 6) is -0.279. The molecule has 0 aromatic carbocycles. The van der Waals surface area contributed by atoms with Gasteiger partial charge < -0.3 is 5.32 Å². The molecule has 2 aliphatic rings. The summed E-state index contributed by atoms with van der Waals surface area (Å²) in [5, 5.41) is 7.16. The van der Waals surface area contributed by atoms with E-state index < -0.39 is 18.0 Å². The number of hydrogen-bond donors (Lipinski definition) is 1. The first-order chi connectivity index (χ1) is 12.3. The Bertz CT molecular complexity index is 839. The van der Waals surface area contributed by atoms with Crippen LogP contribution in [0.25, 0.3) is 0 Å². The highest BCUT2D eigenvalue weighted by Crippen LogP contribution is 2.16. The Kier molecular flexibility index (Phi) is 4.58. The molecule has 2 aliphatic heterocycles. The lowest BCUT2D eigenvalue weighted by atomic mass is 10.1. The Morgan fingerprint density at radius 2 is 2.00 bits per heavy atom. The molecular weight excluding hydrogens is 338 g/mol. The highest BCUT2D eigenvalue weighted by Gasteiger charge is 2.50. The molecule has 1 fully saturated rings. The van der Waals surface area contributed by atoms with Gasteiger partial charge in [0.1, 0.15) is 0 Å². The van der Waals surface area contributed by atoms with Crippen LogP contribution in [-0.2, 0) is 16.1 Å². The van der Waals surface area contributed by atoms with E-state index in [0.717, 1.165) is 16.3 Å². The lowest BCUT2D eigenvalue weighted by Crippen LogP contribution is -2.62. The largest absolute Gasteiger partial charge is 0.351 e. The van der Waals surface area contributed by atoms with Crippen molar-refractivity contribution in [3.63, 3.8) is 0 Å². The molecule has 26 heavy (non-hydrogen) atoms. The Balaban J connectivity index is 1.56. The lowest BCUT2D eigenvalue weighted by Gasteiger charge is -2.30. The van der Waals surface area contributed by atoms with Crippen LogP contribution in [0.1, 0.15) is 11.4 Å². The summed E-state index contributed by atoms with van der Waals surface area (Å²) in [6.07, 6.45) is 1.43. The van der Waals surface area contributed by atoms with Crippen LogP contribution in [0.3, 0.4) is 0 Å². The standard InChI is InChI=1S/C16H21N7O3/c1-10-7-11(2)23(19-10)6-5-17-12(24)8-22-9-18-14-13(22)15(25)21(4)16(26)20(14)3/h7,9,13H,5-6,8H2,1-4H3/p+1. The second kappa shape index (κ2) is 6.70. The third kappa shape index (κ3) is 3.09. The fourth-order valence-corrected chi connectivity index (χ4v) is 3.10. The van der Waals surface area contributed by atoms with Crippen molar-refractivity contribution in [1.82, 2.24) is 24.9 Å². The minimum atomic E-state index is -0.746. The first-order valence-electron chi connectivity index (χ1n) is 8.29. The summed E-state index contributed by atoms with van der Waals surface area (Å²) in [6.45, 7) is 4.86. The average Bonchev–Trinajstić information content (AvgIpc) is 3.14. The number of carbonyl (C=O) groups excluding carboxylic acids is 3. The highest BCUT2D eigenvalue weighted by atomic mass is 16.2. The van der Waals surface area contributed by atoms with Crippen molar-refractivity contribution in [3.05, 3.63) is 17.5 Å². The second-order valence-corrected chi connectivity index (χ2v) is 6.42. The maximum Gasteiger partial charge on any atom is 0.333 e. The molecule has 1 N–H and O–H groups in total. The summed E-state index contributed by atoms with van der Waals surface area (Å²) in [5.41, 5.74) is 1.97. The van der Waals surface area contributed by atoms with E-state index in [1.807, 2.05) is 24.6 Å². The van der Waals surface area contributed by atoms with Crippen LogP contribution in [-0.4, -0.2) is 87.4 Å². The minimum Gasteiger partial charge on any atom is -0.351 e. The third-order valence-electron chi connectivity index (χ3n) is 4.47. The van der Waals surface area contributed by atoms with Gasteiger partial charge >= 0.3 is 6.03 Å². The normalized spacial score (nSPS) is 19.5. The number of amides is 4. The summed E-state index contributed by atoms with van der Waals surface area (Å²) < 4.78 is 3.37. The van der Waals surface area contributed by atoms with Gasteiger partial charge in [0.2, 0.25) is 0 Å². The van der Waals surface area contributed by atoms with E-state index in [4.69, 9.17) is 0 Å². The molecule has 1 saturated heterocycles. The molecule has 0 bridgehead atoms. The smallest absolute Gasteiger partial charge is 0.333 e. The summed E-state index contributed by atoms with van der Waals surface area (Å²) in [4.78, 5) is 43.1. The fourth-order valence-electron chi connectivity index (χ4n) is 3.10. The first-order valence-corrected chi connectivity index (χ1v) is 8.29. The number of aliphatic imine (C=N–C) groups is 1. The number of aryl methyl sites for hydroxylation is 2. The lowest BCUT2D eigenvalue weighted by molar-refractivity contribution is -0.519. The Labute approximate surface area is 150 Å². The average molecular weight is 360 g/mol. The Morgan fingerprint density at radius 3 is 2.65 bits per heavy atom. The summed E-state index contributed by atoms with van der Waals surface area (Å²) in [6, 6.07) is 0.794. The van der Waals surface area contributed by atoms with Crippen LogP contribution in [0.15, 0.2) is 11.1 Å². The fraction of sp³-hybridized carbons (Fsp3) is 0.500. The van der Waals surface area contributed by atoms with E-state index in [9.17, 15) is 14.4 Å². The van der Waals surface area contributed by atoms with Crippen LogP contribution in [0, 0.1) is 13.8 Å². The number of hydrogen-bond acceptors (Lipinski definition) is 5. The first kappa shape index (κ1) is 17.8. The van der Waals surface area contributed by atoms with Crippen molar-refractivity contribution >= 4 is 30.0 Å².